The van der Waals surface area contributed by atoms with Crippen molar-refractivity contribution < 1.29 is 4.74 Å². The Morgan fingerprint density at radius 1 is 1.03 bits per heavy atom. The monoisotopic (exact) mass is 445 g/mol. The molecule has 0 aliphatic rings. The lowest BCUT2D eigenvalue weighted by molar-refractivity contribution is 0.304. The van der Waals surface area contributed by atoms with Crippen molar-refractivity contribution >= 4 is 35.1 Å². The first kappa shape index (κ1) is 24.2. The van der Waals surface area contributed by atoms with Gasteiger partial charge in [-0.1, -0.05) is 87.4 Å². The van der Waals surface area contributed by atoms with E-state index in [0.717, 1.165) is 17.5 Å². The number of ether oxygens (including phenoxy) is 1. The largest absolute Gasteiger partial charge is 0.492 e. The highest BCUT2D eigenvalue weighted by Gasteiger charge is 2.03. The number of nitrogens with one attached hydrogen (secondary N) is 2. The summed E-state index contributed by atoms with van der Waals surface area (Å²) in [5.41, 5.74) is 4.85. The maximum absolute atomic E-state index is 6.34. The van der Waals surface area contributed by atoms with E-state index in [0.29, 0.717) is 29.0 Å². The fourth-order valence-corrected chi connectivity index (χ4v) is 3.31. The van der Waals surface area contributed by atoms with Crippen molar-refractivity contribution in [1.29, 1.82) is 0 Å². The van der Waals surface area contributed by atoms with Crippen molar-refractivity contribution in [3.05, 3.63) is 64.7 Å². The number of nitrogens with zero attached hydrogens (tertiary/aromatic N) is 1. The molecule has 0 amide bonds. The number of hydrazone groups is 1. The van der Waals surface area contributed by atoms with Crippen LogP contribution >= 0.6 is 23.8 Å². The van der Waals surface area contributed by atoms with Gasteiger partial charge in [0.1, 0.15) is 5.75 Å². The van der Waals surface area contributed by atoms with E-state index in [2.05, 4.69) is 22.8 Å². The molecule has 4 nitrogen and oxygen atoms in total. The van der Waals surface area contributed by atoms with Crippen molar-refractivity contribution in [3.8, 4) is 5.75 Å². The van der Waals surface area contributed by atoms with Gasteiger partial charge in [0.05, 0.1) is 17.8 Å². The molecular weight excluding hydrogens is 414 g/mol. The molecule has 0 saturated heterocycles. The fraction of sp³-hybridized carbons (Fsp3) is 0.417. The summed E-state index contributed by atoms with van der Waals surface area (Å²) in [5.74, 6) is 0.716. The standard InChI is InChI=1S/C24H32ClN3OS/c1-2-3-4-5-6-7-11-16-29-23-15-14-21(17-22(23)25)19-27-28-24(30)26-18-20-12-9-8-10-13-20/h8-10,12-15,17,19H,2-7,11,16,18H2,1H3,(H2,26,28,30)/b27-19-. The Hall–Kier alpha value is -2.11. The Morgan fingerprint density at radius 2 is 1.77 bits per heavy atom. The third kappa shape index (κ3) is 10.1. The van der Waals surface area contributed by atoms with Gasteiger partial charge in [-0.2, -0.15) is 5.10 Å². The van der Waals surface area contributed by atoms with Crippen LogP contribution in [0.5, 0.6) is 5.75 Å². The summed E-state index contributed by atoms with van der Waals surface area (Å²) in [4.78, 5) is 0. The topological polar surface area (TPSA) is 45.6 Å². The Bertz CT molecular complexity index is 783. The van der Waals surface area contributed by atoms with Gasteiger partial charge >= 0.3 is 0 Å². The molecule has 0 atom stereocenters. The van der Waals surface area contributed by atoms with Crippen LogP contribution < -0.4 is 15.5 Å². The van der Waals surface area contributed by atoms with Crippen LogP contribution in [0.2, 0.25) is 5.02 Å². The molecule has 0 aliphatic heterocycles. The summed E-state index contributed by atoms with van der Waals surface area (Å²) in [6, 6.07) is 15.7. The molecule has 0 saturated carbocycles. The maximum Gasteiger partial charge on any atom is 0.187 e. The minimum Gasteiger partial charge on any atom is -0.492 e. The van der Waals surface area contributed by atoms with Crippen LogP contribution in [0.15, 0.2) is 53.6 Å². The van der Waals surface area contributed by atoms with E-state index in [1.807, 2.05) is 48.5 Å². The second kappa shape index (κ2) is 14.8. The molecule has 0 radical (unpaired) electrons. The lowest BCUT2D eigenvalue weighted by Crippen LogP contribution is -2.31. The summed E-state index contributed by atoms with van der Waals surface area (Å²) >= 11 is 11.6. The molecule has 0 heterocycles. The van der Waals surface area contributed by atoms with Crippen molar-refractivity contribution in [2.45, 2.75) is 58.4 Å². The Labute approximate surface area is 191 Å². The van der Waals surface area contributed by atoms with Gasteiger partial charge in [-0.25, -0.2) is 0 Å². The van der Waals surface area contributed by atoms with Crippen LogP contribution in [0.3, 0.4) is 0 Å². The number of hydrogen-bond donors (Lipinski definition) is 2. The average Bonchev–Trinajstić information content (AvgIpc) is 2.76. The SMILES string of the molecule is CCCCCCCCCOc1ccc(/C=N\NC(=S)NCc2ccccc2)cc1Cl. The van der Waals surface area contributed by atoms with Gasteiger partial charge in [-0.3, -0.25) is 5.43 Å². The zero-order chi connectivity index (χ0) is 21.4. The average molecular weight is 446 g/mol. The summed E-state index contributed by atoms with van der Waals surface area (Å²) < 4.78 is 5.81. The van der Waals surface area contributed by atoms with Crippen molar-refractivity contribution in [3.63, 3.8) is 0 Å². The highest BCUT2D eigenvalue weighted by molar-refractivity contribution is 7.80. The van der Waals surface area contributed by atoms with E-state index in [4.69, 9.17) is 28.6 Å². The second-order valence-electron chi connectivity index (χ2n) is 7.20. The lowest BCUT2D eigenvalue weighted by atomic mass is 10.1. The molecule has 2 N–H and O–H groups in total. The number of hydrogen-bond acceptors (Lipinski definition) is 3. The third-order valence-electron chi connectivity index (χ3n) is 4.64. The van der Waals surface area contributed by atoms with E-state index >= 15 is 0 Å². The number of unbranched alkanes of at least 4 members (excludes halogenated alkanes) is 6. The molecule has 0 spiro atoms. The summed E-state index contributed by atoms with van der Waals surface area (Å²) in [6.45, 7) is 3.59. The van der Waals surface area contributed by atoms with Crippen LogP contribution in [0, 0.1) is 0 Å². The molecule has 0 aromatic heterocycles. The number of benzene rings is 2. The molecule has 0 unspecified atom stereocenters. The number of halogens is 1. The zero-order valence-electron chi connectivity index (χ0n) is 17.7. The first-order chi connectivity index (χ1) is 14.7. The minimum absolute atomic E-state index is 0.468. The van der Waals surface area contributed by atoms with Crippen LogP contribution in [-0.4, -0.2) is 17.9 Å². The Balaban J connectivity index is 1.65. The number of rotatable bonds is 13. The first-order valence-corrected chi connectivity index (χ1v) is 11.5. The Morgan fingerprint density at radius 3 is 2.50 bits per heavy atom. The van der Waals surface area contributed by atoms with Gasteiger partial charge < -0.3 is 10.1 Å². The van der Waals surface area contributed by atoms with Crippen molar-refractivity contribution in [2.24, 2.45) is 5.10 Å². The van der Waals surface area contributed by atoms with E-state index in [1.165, 1.54) is 38.5 Å². The lowest BCUT2D eigenvalue weighted by Gasteiger charge is -2.09. The van der Waals surface area contributed by atoms with Gasteiger partial charge in [0.2, 0.25) is 0 Å². The van der Waals surface area contributed by atoms with Crippen LogP contribution in [0.4, 0.5) is 0 Å². The summed E-state index contributed by atoms with van der Waals surface area (Å²) in [7, 11) is 0. The quantitative estimate of drug-likeness (QED) is 0.160. The molecule has 0 aliphatic carbocycles. The first-order valence-electron chi connectivity index (χ1n) is 10.7. The van der Waals surface area contributed by atoms with E-state index in [9.17, 15) is 0 Å². The molecule has 2 aromatic carbocycles. The summed E-state index contributed by atoms with van der Waals surface area (Å²) in [6.07, 6.45) is 10.5. The predicted molar refractivity (Wildman–Crippen MR) is 132 cm³/mol. The highest BCUT2D eigenvalue weighted by atomic mass is 35.5. The zero-order valence-corrected chi connectivity index (χ0v) is 19.3. The number of thiocarbonyl (C=S) groups is 1. The van der Waals surface area contributed by atoms with E-state index in [1.54, 1.807) is 6.21 Å². The molecular formula is C24H32ClN3OS. The van der Waals surface area contributed by atoms with E-state index in [-0.39, 0.29) is 0 Å². The van der Waals surface area contributed by atoms with Gasteiger partial charge in [-0.15, -0.1) is 0 Å². The van der Waals surface area contributed by atoms with Crippen LogP contribution in [-0.2, 0) is 6.54 Å². The third-order valence-corrected chi connectivity index (χ3v) is 5.17. The molecule has 6 heteroatoms. The van der Waals surface area contributed by atoms with Gasteiger partial charge in [-0.05, 0) is 48.0 Å². The highest BCUT2D eigenvalue weighted by Crippen LogP contribution is 2.25. The van der Waals surface area contributed by atoms with Crippen LogP contribution in [0.1, 0.15) is 63.0 Å². The molecule has 162 valence electrons. The maximum atomic E-state index is 6.34. The summed E-state index contributed by atoms with van der Waals surface area (Å²) in [5, 5.41) is 8.34. The smallest absolute Gasteiger partial charge is 0.187 e. The molecule has 2 aromatic rings. The van der Waals surface area contributed by atoms with Gasteiger partial charge in [0.15, 0.2) is 5.11 Å². The van der Waals surface area contributed by atoms with Crippen molar-refractivity contribution in [1.82, 2.24) is 10.7 Å². The molecule has 0 bridgehead atoms. The van der Waals surface area contributed by atoms with E-state index < -0.39 is 0 Å². The normalized spacial score (nSPS) is 10.9. The van der Waals surface area contributed by atoms with Gasteiger partial charge in [0, 0.05) is 6.54 Å². The van der Waals surface area contributed by atoms with Gasteiger partial charge in [0.25, 0.3) is 0 Å². The second-order valence-corrected chi connectivity index (χ2v) is 8.01. The molecule has 2 rings (SSSR count). The fourth-order valence-electron chi connectivity index (χ4n) is 2.94. The molecule has 0 fully saturated rings. The Kier molecular flexibility index (Phi) is 11.9. The van der Waals surface area contributed by atoms with Crippen LogP contribution in [0.25, 0.3) is 0 Å². The molecule has 30 heavy (non-hydrogen) atoms. The van der Waals surface area contributed by atoms with Crippen molar-refractivity contribution in [2.75, 3.05) is 6.61 Å². The minimum atomic E-state index is 0.468. The predicted octanol–water partition coefficient (Wildman–Crippen LogP) is 6.47.